The number of hydrogen-bond acceptors (Lipinski definition) is 4. The van der Waals surface area contributed by atoms with Crippen molar-refractivity contribution in [2.45, 2.75) is 17.1 Å². The molecule has 2 aromatic rings. The van der Waals surface area contributed by atoms with Gasteiger partial charge in [-0.2, -0.15) is 0 Å². The highest BCUT2D eigenvalue weighted by Crippen LogP contribution is 2.36. The van der Waals surface area contributed by atoms with Gasteiger partial charge in [0.2, 0.25) is 5.91 Å². The second-order valence-corrected chi connectivity index (χ2v) is 6.03. The molecule has 1 aliphatic heterocycles. The Bertz CT molecular complexity index is 703. The summed E-state index contributed by atoms with van der Waals surface area (Å²) in [4.78, 5) is 28.6. The van der Waals surface area contributed by atoms with Crippen LogP contribution in [0.2, 0.25) is 0 Å². The van der Waals surface area contributed by atoms with Gasteiger partial charge in [0.05, 0.1) is 10.9 Å². The summed E-state index contributed by atoms with van der Waals surface area (Å²) < 4.78 is 0. The Labute approximate surface area is 126 Å². The largest absolute Gasteiger partial charge is 0.324 e. The van der Waals surface area contributed by atoms with Crippen LogP contribution in [0, 0.1) is 0 Å². The molecular formula is C15H13N3O2S. The molecule has 1 aromatic heterocycles. The molecule has 2 N–H and O–H groups in total. The Morgan fingerprint density at radius 3 is 2.81 bits per heavy atom. The Morgan fingerprint density at radius 1 is 1.29 bits per heavy atom. The number of fused-ring (bicyclic) bond motifs is 1. The minimum Gasteiger partial charge on any atom is -0.324 e. The highest BCUT2D eigenvalue weighted by Gasteiger charge is 2.23. The van der Waals surface area contributed by atoms with Crippen LogP contribution >= 0.6 is 11.8 Å². The van der Waals surface area contributed by atoms with Crippen LogP contribution in [0.5, 0.6) is 0 Å². The molecule has 0 fully saturated rings. The van der Waals surface area contributed by atoms with Crippen LogP contribution in [0.25, 0.3) is 0 Å². The van der Waals surface area contributed by atoms with E-state index in [1.54, 1.807) is 30.6 Å². The van der Waals surface area contributed by atoms with E-state index < -0.39 is 0 Å². The summed E-state index contributed by atoms with van der Waals surface area (Å²) >= 11 is 1.51. The van der Waals surface area contributed by atoms with Crippen molar-refractivity contribution in [3.05, 3.63) is 48.3 Å². The van der Waals surface area contributed by atoms with E-state index >= 15 is 0 Å². The predicted octanol–water partition coefficient (Wildman–Crippen LogP) is 2.77. The molecule has 0 saturated heterocycles. The molecule has 0 saturated carbocycles. The number of hydrogen-bond donors (Lipinski definition) is 2. The molecule has 1 atom stereocenters. The van der Waals surface area contributed by atoms with E-state index in [0.717, 1.165) is 10.6 Å². The van der Waals surface area contributed by atoms with Crippen molar-refractivity contribution >= 4 is 35.0 Å². The van der Waals surface area contributed by atoms with E-state index in [0.29, 0.717) is 11.3 Å². The van der Waals surface area contributed by atoms with Crippen molar-refractivity contribution in [2.75, 3.05) is 10.6 Å². The summed E-state index contributed by atoms with van der Waals surface area (Å²) in [6.45, 7) is 1.86. The molecule has 1 aliphatic rings. The zero-order valence-electron chi connectivity index (χ0n) is 11.3. The van der Waals surface area contributed by atoms with Gasteiger partial charge < -0.3 is 10.6 Å². The third kappa shape index (κ3) is 2.90. The SMILES string of the molecule is CC1Sc2ccc(NC(=O)c3ccncc3)cc2NC1=O. The van der Waals surface area contributed by atoms with Crippen molar-refractivity contribution < 1.29 is 9.59 Å². The molecule has 106 valence electrons. The van der Waals surface area contributed by atoms with E-state index in [2.05, 4.69) is 15.6 Å². The second kappa shape index (κ2) is 5.57. The number of amides is 2. The van der Waals surface area contributed by atoms with Crippen molar-refractivity contribution in [2.24, 2.45) is 0 Å². The first-order chi connectivity index (χ1) is 10.1. The molecule has 3 rings (SSSR count). The lowest BCUT2D eigenvalue weighted by Crippen LogP contribution is -2.26. The fourth-order valence-electron chi connectivity index (χ4n) is 1.99. The summed E-state index contributed by atoms with van der Waals surface area (Å²) in [5, 5.41) is 5.55. The molecule has 5 nitrogen and oxygen atoms in total. The van der Waals surface area contributed by atoms with Crippen LogP contribution < -0.4 is 10.6 Å². The first-order valence-corrected chi connectivity index (χ1v) is 7.34. The molecule has 2 amide bonds. The number of pyridine rings is 1. The maximum atomic E-state index is 12.1. The number of aromatic nitrogens is 1. The molecule has 21 heavy (non-hydrogen) atoms. The average Bonchev–Trinajstić information content (AvgIpc) is 2.49. The molecule has 0 aliphatic carbocycles. The van der Waals surface area contributed by atoms with Gasteiger partial charge in [-0.05, 0) is 37.3 Å². The lowest BCUT2D eigenvalue weighted by molar-refractivity contribution is -0.115. The van der Waals surface area contributed by atoms with Gasteiger partial charge in [0.1, 0.15) is 0 Å². The fourth-order valence-corrected chi connectivity index (χ4v) is 2.92. The normalized spacial score (nSPS) is 16.8. The number of anilines is 2. The maximum absolute atomic E-state index is 12.1. The fraction of sp³-hybridized carbons (Fsp3) is 0.133. The van der Waals surface area contributed by atoms with E-state index in [9.17, 15) is 9.59 Å². The number of nitrogens with zero attached hydrogens (tertiary/aromatic N) is 1. The van der Waals surface area contributed by atoms with Gasteiger partial charge in [-0.1, -0.05) is 0 Å². The predicted molar refractivity (Wildman–Crippen MR) is 82.6 cm³/mol. The summed E-state index contributed by atoms with van der Waals surface area (Å²) in [5.41, 5.74) is 1.91. The number of carbonyl (C=O) groups excluding carboxylic acids is 2. The Balaban J connectivity index is 1.80. The van der Waals surface area contributed by atoms with Gasteiger partial charge in [-0.15, -0.1) is 11.8 Å². The highest BCUT2D eigenvalue weighted by atomic mass is 32.2. The van der Waals surface area contributed by atoms with Gasteiger partial charge in [-0.25, -0.2) is 0 Å². The van der Waals surface area contributed by atoms with E-state index in [1.165, 1.54) is 11.8 Å². The monoisotopic (exact) mass is 299 g/mol. The van der Waals surface area contributed by atoms with Crippen LogP contribution in [-0.4, -0.2) is 22.0 Å². The summed E-state index contributed by atoms with van der Waals surface area (Å²) in [6.07, 6.45) is 3.14. The van der Waals surface area contributed by atoms with Crippen LogP contribution in [0.1, 0.15) is 17.3 Å². The van der Waals surface area contributed by atoms with E-state index in [-0.39, 0.29) is 17.1 Å². The van der Waals surface area contributed by atoms with Gasteiger partial charge in [0, 0.05) is 28.5 Å². The number of thioether (sulfide) groups is 1. The van der Waals surface area contributed by atoms with Crippen molar-refractivity contribution in [3.8, 4) is 0 Å². The maximum Gasteiger partial charge on any atom is 0.255 e. The topological polar surface area (TPSA) is 71.1 Å². The summed E-state index contributed by atoms with van der Waals surface area (Å²) in [6, 6.07) is 8.79. The minimum absolute atomic E-state index is 0.0230. The molecule has 1 aromatic carbocycles. The Hall–Kier alpha value is -2.34. The number of benzene rings is 1. The zero-order chi connectivity index (χ0) is 14.8. The number of nitrogens with one attached hydrogen (secondary N) is 2. The standard InChI is InChI=1S/C15H13N3O2S/c1-9-14(19)18-12-8-11(2-3-13(12)21-9)17-15(20)10-4-6-16-7-5-10/h2-9H,1H3,(H,17,20)(H,18,19). The van der Waals surface area contributed by atoms with Gasteiger partial charge >= 0.3 is 0 Å². The van der Waals surface area contributed by atoms with Crippen LogP contribution in [-0.2, 0) is 4.79 Å². The second-order valence-electron chi connectivity index (χ2n) is 4.65. The lowest BCUT2D eigenvalue weighted by Gasteiger charge is -2.21. The van der Waals surface area contributed by atoms with E-state index in [1.807, 2.05) is 19.1 Å². The molecule has 2 heterocycles. The van der Waals surface area contributed by atoms with E-state index in [4.69, 9.17) is 0 Å². The quantitative estimate of drug-likeness (QED) is 0.894. The molecule has 0 radical (unpaired) electrons. The zero-order valence-corrected chi connectivity index (χ0v) is 12.1. The molecule has 0 spiro atoms. The minimum atomic E-state index is -0.208. The highest BCUT2D eigenvalue weighted by molar-refractivity contribution is 8.00. The molecule has 1 unspecified atom stereocenters. The third-order valence-corrected chi connectivity index (χ3v) is 4.29. The number of carbonyl (C=O) groups is 2. The smallest absolute Gasteiger partial charge is 0.255 e. The summed E-state index contributed by atoms with van der Waals surface area (Å²) in [7, 11) is 0. The number of rotatable bonds is 2. The van der Waals surface area contributed by atoms with Gasteiger partial charge in [0.25, 0.3) is 5.91 Å². The van der Waals surface area contributed by atoms with Crippen LogP contribution in [0.15, 0.2) is 47.6 Å². The third-order valence-electron chi connectivity index (χ3n) is 3.11. The molecule has 6 heteroatoms. The van der Waals surface area contributed by atoms with Crippen molar-refractivity contribution in [1.82, 2.24) is 4.98 Å². The van der Waals surface area contributed by atoms with Gasteiger partial charge in [0.15, 0.2) is 0 Å². The van der Waals surface area contributed by atoms with Gasteiger partial charge in [-0.3, -0.25) is 14.6 Å². The average molecular weight is 299 g/mol. The van der Waals surface area contributed by atoms with Crippen molar-refractivity contribution in [3.63, 3.8) is 0 Å². The van der Waals surface area contributed by atoms with Crippen LogP contribution in [0.4, 0.5) is 11.4 Å². The first-order valence-electron chi connectivity index (χ1n) is 6.46. The summed E-state index contributed by atoms with van der Waals surface area (Å²) in [5.74, 6) is -0.231. The van der Waals surface area contributed by atoms with Crippen LogP contribution in [0.3, 0.4) is 0 Å². The Morgan fingerprint density at radius 2 is 2.05 bits per heavy atom. The molecular weight excluding hydrogens is 286 g/mol. The molecule has 0 bridgehead atoms. The first kappa shape index (κ1) is 13.6. The van der Waals surface area contributed by atoms with Crippen molar-refractivity contribution in [1.29, 1.82) is 0 Å². The Kier molecular flexibility index (Phi) is 3.62. The lowest BCUT2D eigenvalue weighted by atomic mass is 10.2.